The minimum absolute atomic E-state index is 0.470. The fourth-order valence-corrected chi connectivity index (χ4v) is 2.52. The minimum atomic E-state index is 0.470. The molecule has 2 aromatic rings. The Bertz CT molecular complexity index is 596. The molecule has 1 aromatic carbocycles. The lowest BCUT2D eigenvalue weighted by molar-refractivity contribution is 0.411. The lowest BCUT2D eigenvalue weighted by Gasteiger charge is -2.09. The first-order valence-electron chi connectivity index (χ1n) is 5.17. The lowest BCUT2D eigenvalue weighted by Crippen LogP contribution is -1.91. The normalized spacial score (nSPS) is 10.0. The van der Waals surface area contributed by atoms with Crippen LogP contribution in [0.15, 0.2) is 17.5 Å². The van der Waals surface area contributed by atoms with Gasteiger partial charge in [-0.05, 0) is 37.1 Å². The maximum atomic E-state index is 8.78. The van der Waals surface area contributed by atoms with Crippen molar-refractivity contribution >= 4 is 11.3 Å². The molecule has 0 aliphatic carbocycles. The fraction of sp³-hybridized carbons (Fsp3) is 0.231. The van der Waals surface area contributed by atoms with Crippen LogP contribution in [0.1, 0.15) is 16.8 Å². The summed E-state index contributed by atoms with van der Waals surface area (Å²) in [5, 5.41) is 11.4. The van der Waals surface area contributed by atoms with E-state index in [4.69, 9.17) is 10.00 Å². The predicted octanol–water partition coefficient (Wildman–Crippen LogP) is 3.31. The van der Waals surface area contributed by atoms with E-state index in [1.807, 2.05) is 32.0 Å². The van der Waals surface area contributed by atoms with Crippen molar-refractivity contribution in [3.8, 4) is 22.4 Å². The number of nitrogens with zero attached hydrogens (tertiary/aromatic N) is 2. The molecule has 0 N–H and O–H groups in total. The number of ether oxygens (including phenoxy) is 1. The van der Waals surface area contributed by atoms with E-state index in [0.29, 0.717) is 5.69 Å². The van der Waals surface area contributed by atoms with Gasteiger partial charge in [0.2, 0.25) is 0 Å². The summed E-state index contributed by atoms with van der Waals surface area (Å²) in [4.78, 5) is 4.27. The van der Waals surface area contributed by atoms with Crippen molar-refractivity contribution in [2.24, 2.45) is 0 Å². The Labute approximate surface area is 104 Å². The molecule has 86 valence electrons. The Morgan fingerprint density at radius 3 is 2.65 bits per heavy atom. The van der Waals surface area contributed by atoms with E-state index < -0.39 is 0 Å². The van der Waals surface area contributed by atoms with E-state index in [-0.39, 0.29) is 0 Å². The number of methoxy groups -OCH3 is 1. The van der Waals surface area contributed by atoms with Crippen molar-refractivity contribution in [2.45, 2.75) is 13.8 Å². The fourth-order valence-electron chi connectivity index (χ4n) is 1.69. The van der Waals surface area contributed by atoms with Gasteiger partial charge < -0.3 is 4.74 Å². The first kappa shape index (κ1) is 11.6. The number of benzene rings is 1. The molecule has 0 amide bonds. The Kier molecular flexibility index (Phi) is 3.12. The number of thiazole rings is 1. The van der Waals surface area contributed by atoms with Crippen molar-refractivity contribution in [2.75, 3.05) is 7.11 Å². The summed E-state index contributed by atoms with van der Waals surface area (Å²) in [5.41, 5.74) is 3.71. The number of hydrogen-bond donors (Lipinski definition) is 0. The van der Waals surface area contributed by atoms with E-state index in [2.05, 4.69) is 4.98 Å². The van der Waals surface area contributed by atoms with Gasteiger partial charge in [-0.2, -0.15) is 5.26 Å². The third-order valence-electron chi connectivity index (χ3n) is 2.59. The summed E-state index contributed by atoms with van der Waals surface area (Å²) in [6.07, 6.45) is 0. The zero-order chi connectivity index (χ0) is 12.4. The van der Waals surface area contributed by atoms with Gasteiger partial charge in [0, 0.05) is 10.9 Å². The van der Waals surface area contributed by atoms with Crippen molar-refractivity contribution in [3.63, 3.8) is 0 Å². The highest BCUT2D eigenvalue weighted by Gasteiger charge is 2.10. The molecule has 0 fully saturated rings. The Hall–Kier alpha value is -1.86. The number of aromatic nitrogens is 1. The van der Waals surface area contributed by atoms with Crippen LogP contribution < -0.4 is 4.74 Å². The highest BCUT2D eigenvalue weighted by atomic mass is 32.1. The van der Waals surface area contributed by atoms with Crippen molar-refractivity contribution in [3.05, 3.63) is 34.3 Å². The van der Waals surface area contributed by atoms with Crippen LogP contribution in [0.2, 0.25) is 0 Å². The van der Waals surface area contributed by atoms with Crippen molar-refractivity contribution in [1.82, 2.24) is 4.98 Å². The third kappa shape index (κ3) is 2.15. The molecular formula is C13H12N2OS. The van der Waals surface area contributed by atoms with Crippen LogP contribution in [0.4, 0.5) is 0 Å². The van der Waals surface area contributed by atoms with E-state index >= 15 is 0 Å². The van der Waals surface area contributed by atoms with Crippen LogP contribution in [0, 0.1) is 25.2 Å². The monoisotopic (exact) mass is 244 g/mol. The molecule has 0 bridgehead atoms. The van der Waals surface area contributed by atoms with E-state index in [0.717, 1.165) is 27.4 Å². The zero-order valence-corrected chi connectivity index (χ0v) is 10.8. The number of aryl methyl sites for hydroxylation is 2. The zero-order valence-electron chi connectivity index (χ0n) is 9.94. The Morgan fingerprint density at radius 2 is 2.06 bits per heavy atom. The Morgan fingerprint density at radius 1 is 1.29 bits per heavy atom. The molecule has 0 spiro atoms. The van der Waals surface area contributed by atoms with Gasteiger partial charge in [0.1, 0.15) is 16.8 Å². The smallest absolute Gasteiger partial charge is 0.152 e. The molecule has 0 radical (unpaired) electrons. The molecular weight excluding hydrogens is 232 g/mol. The summed E-state index contributed by atoms with van der Waals surface area (Å²) in [7, 11) is 1.67. The van der Waals surface area contributed by atoms with Crippen molar-refractivity contribution < 1.29 is 4.74 Å². The van der Waals surface area contributed by atoms with Crippen LogP contribution >= 0.6 is 11.3 Å². The van der Waals surface area contributed by atoms with Crippen molar-refractivity contribution in [1.29, 1.82) is 5.26 Å². The van der Waals surface area contributed by atoms with E-state index in [1.165, 1.54) is 11.3 Å². The molecule has 4 heteroatoms. The summed E-state index contributed by atoms with van der Waals surface area (Å²) >= 11 is 1.49. The van der Waals surface area contributed by atoms with Gasteiger partial charge in [-0.15, -0.1) is 11.3 Å². The van der Waals surface area contributed by atoms with Gasteiger partial charge >= 0.3 is 0 Å². The Balaban J connectivity index is 2.53. The lowest BCUT2D eigenvalue weighted by atomic mass is 10.1. The van der Waals surface area contributed by atoms with E-state index in [1.54, 1.807) is 12.5 Å². The van der Waals surface area contributed by atoms with Gasteiger partial charge in [0.15, 0.2) is 5.69 Å². The molecule has 1 heterocycles. The highest BCUT2D eigenvalue weighted by Crippen LogP contribution is 2.31. The molecule has 2 rings (SSSR count). The summed E-state index contributed by atoms with van der Waals surface area (Å²) in [6, 6.07) is 6.10. The number of rotatable bonds is 2. The van der Waals surface area contributed by atoms with Gasteiger partial charge in [0.05, 0.1) is 7.11 Å². The third-order valence-corrected chi connectivity index (χ3v) is 3.47. The number of hydrogen-bond acceptors (Lipinski definition) is 4. The van der Waals surface area contributed by atoms with Gasteiger partial charge in [-0.25, -0.2) is 4.98 Å². The largest absolute Gasteiger partial charge is 0.496 e. The summed E-state index contributed by atoms with van der Waals surface area (Å²) < 4.78 is 5.27. The van der Waals surface area contributed by atoms with Gasteiger partial charge in [-0.1, -0.05) is 0 Å². The molecule has 0 aliphatic heterocycles. The molecule has 0 aliphatic rings. The van der Waals surface area contributed by atoms with Crippen LogP contribution in [-0.4, -0.2) is 12.1 Å². The maximum absolute atomic E-state index is 8.78. The van der Waals surface area contributed by atoms with Gasteiger partial charge in [0.25, 0.3) is 0 Å². The van der Waals surface area contributed by atoms with Crippen LogP contribution in [0.5, 0.6) is 5.75 Å². The molecule has 0 saturated heterocycles. The van der Waals surface area contributed by atoms with Crippen LogP contribution in [-0.2, 0) is 0 Å². The molecule has 1 aromatic heterocycles. The second-order valence-corrected chi connectivity index (χ2v) is 4.64. The van der Waals surface area contributed by atoms with Crippen LogP contribution in [0.25, 0.3) is 10.6 Å². The van der Waals surface area contributed by atoms with E-state index in [9.17, 15) is 0 Å². The second-order valence-electron chi connectivity index (χ2n) is 3.79. The topological polar surface area (TPSA) is 45.9 Å². The standard InChI is InChI=1S/C13H12N2OS/c1-8-5-12(16-3)9(2)4-11(8)13-15-10(6-14)7-17-13/h4-5,7H,1-3H3. The average Bonchev–Trinajstić information content (AvgIpc) is 2.80. The molecule has 0 atom stereocenters. The molecule has 0 unspecified atom stereocenters. The molecule has 17 heavy (non-hydrogen) atoms. The first-order valence-corrected chi connectivity index (χ1v) is 6.05. The maximum Gasteiger partial charge on any atom is 0.152 e. The SMILES string of the molecule is COc1cc(C)c(-c2nc(C#N)cs2)cc1C. The minimum Gasteiger partial charge on any atom is -0.496 e. The summed E-state index contributed by atoms with van der Waals surface area (Å²) in [5.74, 6) is 0.878. The highest BCUT2D eigenvalue weighted by molar-refractivity contribution is 7.13. The first-order chi connectivity index (χ1) is 8.15. The molecule has 3 nitrogen and oxygen atoms in total. The summed E-state index contributed by atoms with van der Waals surface area (Å²) in [6.45, 7) is 4.02. The average molecular weight is 244 g/mol. The number of nitriles is 1. The molecule has 0 saturated carbocycles. The predicted molar refractivity (Wildman–Crippen MR) is 68.3 cm³/mol. The second kappa shape index (κ2) is 4.56. The van der Waals surface area contributed by atoms with Gasteiger partial charge in [-0.3, -0.25) is 0 Å². The van der Waals surface area contributed by atoms with Crippen LogP contribution in [0.3, 0.4) is 0 Å². The quantitative estimate of drug-likeness (QED) is 0.814.